The number of nitrogens with one attached hydrogen (secondary N) is 1. The highest BCUT2D eigenvalue weighted by atomic mass is 19.1. The van der Waals surface area contributed by atoms with Gasteiger partial charge >= 0.3 is 11.9 Å². The van der Waals surface area contributed by atoms with Crippen LogP contribution in [-0.4, -0.2) is 42.4 Å². The van der Waals surface area contributed by atoms with Crippen molar-refractivity contribution in [2.75, 3.05) is 18.1 Å². The fraction of sp³-hybridized carbons (Fsp3) is 0.226. The van der Waals surface area contributed by atoms with Crippen molar-refractivity contribution in [3.63, 3.8) is 0 Å². The molecule has 0 aliphatic carbocycles. The number of nitrogens with zero attached hydrogens (tertiary/aromatic N) is 1. The highest BCUT2D eigenvalue weighted by Crippen LogP contribution is 2.51. The van der Waals surface area contributed by atoms with Crippen LogP contribution in [0.4, 0.5) is 10.1 Å². The summed E-state index contributed by atoms with van der Waals surface area (Å²) in [7, 11) is 0. The predicted octanol–water partition coefficient (Wildman–Crippen LogP) is 3.85. The molecule has 0 aromatic heterocycles. The molecule has 40 heavy (non-hydrogen) atoms. The molecule has 2 aliphatic heterocycles. The van der Waals surface area contributed by atoms with E-state index in [2.05, 4.69) is 5.32 Å². The van der Waals surface area contributed by atoms with Gasteiger partial charge in [-0.3, -0.25) is 14.9 Å². The number of benzene rings is 3. The summed E-state index contributed by atoms with van der Waals surface area (Å²) in [6, 6.07) is 21.2. The zero-order valence-electron chi connectivity index (χ0n) is 22.0. The molecule has 2 aliphatic rings. The first-order chi connectivity index (χ1) is 19.3. The van der Waals surface area contributed by atoms with E-state index in [1.165, 1.54) is 23.1 Å². The second-order valence-corrected chi connectivity index (χ2v) is 9.39. The molecule has 0 saturated carbocycles. The Labute approximate surface area is 230 Å². The molecule has 0 unspecified atom stereocenters. The third kappa shape index (κ3) is 4.10. The van der Waals surface area contributed by atoms with Gasteiger partial charge < -0.3 is 14.4 Å². The minimum Gasteiger partial charge on any atom is -0.464 e. The number of para-hydroxylation sites is 1. The van der Waals surface area contributed by atoms with Crippen LogP contribution in [0.3, 0.4) is 0 Å². The number of halogens is 1. The van der Waals surface area contributed by atoms with Crippen LogP contribution in [0.2, 0.25) is 0 Å². The van der Waals surface area contributed by atoms with Gasteiger partial charge in [-0.1, -0.05) is 72.8 Å². The van der Waals surface area contributed by atoms with Crippen LogP contribution in [0.5, 0.6) is 0 Å². The quantitative estimate of drug-likeness (QED) is 0.262. The van der Waals surface area contributed by atoms with Crippen molar-refractivity contribution < 1.29 is 33.0 Å². The Balaban J connectivity index is 1.77. The van der Waals surface area contributed by atoms with Crippen molar-refractivity contribution in [2.45, 2.75) is 31.5 Å². The Morgan fingerprint density at radius 2 is 1.45 bits per heavy atom. The van der Waals surface area contributed by atoms with E-state index in [1.807, 2.05) is 6.07 Å². The highest BCUT2D eigenvalue weighted by Gasteiger charge is 2.67. The maximum atomic E-state index is 15.5. The Morgan fingerprint density at radius 1 is 0.850 bits per heavy atom. The maximum absolute atomic E-state index is 15.5. The smallest absolute Gasteiger partial charge is 0.342 e. The summed E-state index contributed by atoms with van der Waals surface area (Å²) in [5.74, 6) is -4.13. The molecular weight excluding hydrogens is 515 g/mol. The fourth-order valence-electron chi connectivity index (χ4n) is 5.31. The number of Topliss-reactive ketones (excluding diaryl/α,β-unsaturated/α-hetero) is 1. The Hall–Kier alpha value is -4.63. The number of fused-ring (bicyclic) bond motifs is 2. The molecular formula is C31H27FN2O6. The molecule has 5 rings (SSSR count). The number of anilines is 1. The van der Waals surface area contributed by atoms with E-state index < -0.39 is 40.5 Å². The molecule has 204 valence electrons. The van der Waals surface area contributed by atoms with E-state index in [0.29, 0.717) is 5.56 Å². The van der Waals surface area contributed by atoms with Crippen LogP contribution >= 0.6 is 0 Å². The Morgan fingerprint density at radius 3 is 2.05 bits per heavy atom. The molecule has 1 spiro atoms. The number of carbonyl (C=O) groups excluding carboxylic acids is 4. The highest BCUT2D eigenvalue weighted by molar-refractivity contribution is 6.24. The number of amides is 1. The minimum absolute atomic E-state index is 0.0182. The second-order valence-electron chi connectivity index (χ2n) is 9.39. The normalized spacial score (nSPS) is 18.8. The van der Waals surface area contributed by atoms with Crippen molar-refractivity contribution in [1.29, 1.82) is 0 Å². The van der Waals surface area contributed by atoms with E-state index in [0.717, 1.165) is 6.08 Å². The molecule has 0 radical (unpaired) electrons. The van der Waals surface area contributed by atoms with Crippen LogP contribution in [-0.2, 0) is 35.9 Å². The Bertz CT molecular complexity index is 1500. The van der Waals surface area contributed by atoms with Crippen molar-refractivity contribution in [1.82, 2.24) is 5.32 Å². The van der Waals surface area contributed by atoms with Gasteiger partial charge in [-0.25, -0.2) is 14.0 Å². The van der Waals surface area contributed by atoms with Crippen LogP contribution in [0.1, 0.15) is 35.3 Å². The lowest BCUT2D eigenvalue weighted by molar-refractivity contribution is -0.163. The molecule has 9 heteroatoms. The van der Waals surface area contributed by atoms with Gasteiger partial charge in [0.2, 0.25) is 5.54 Å². The maximum Gasteiger partial charge on any atom is 0.342 e. The molecule has 8 nitrogen and oxygen atoms in total. The van der Waals surface area contributed by atoms with Gasteiger partial charge in [0, 0.05) is 16.7 Å². The van der Waals surface area contributed by atoms with E-state index in [1.54, 1.807) is 68.4 Å². The summed E-state index contributed by atoms with van der Waals surface area (Å²) >= 11 is 0. The largest absolute Gasteiger partial charge is 0.464 e. The van der Waals surface area contributed by atoms with Crippen LogP contribution in [0.15, 0.2) is 90.5 Å². The zero-order valence-corrected chi connectivity index (χ0v) is 22.0. The van der Waals surface area contributed by atoms with Crippen molar-refractivity contribution >= 4 is 29.3 Å². The number of hydrogen-bond donors (Lipinski definition) is 1. The molecule has 3 aromatic rings. The van der Waals surface area contributed by atoms with Crippen molar-refractivity contribution in [3.8, 4) is 0 Å². The molecule has 1 N–H and O–H groups in total. The standard InChI is InChI=1S/C31H27FN2O6/c1-3-39-28(37)30(29(38)40-4-2)18-23(26(35)21-14-9-6-10-15-21)31(33-30)22-16-11-17-24(32)25(22)34(27(31)36)19-20-12-7-5-8-13-20/h5-18,33H,3-4,19H2,1-2H3/t31-/m0/s1. The molecule has 1 atom stereocenters. The minimum atomic E-state index is -2.34. The third-order valence-corrected chi connectivity index (χ3v) is 7.04. The second kappa shape index (κ2) is 10.5. The summed E-state index contributed by atoms with van der Waals surface area (Å²) in [4.78, 5) is 56.7. The number of carbonyl (C=O) groups is 4. The van der Waals surface area contributed by atoms with E-state index in [-0.39, 0.29) is 42.1 Å². The van der Waals surface area contributed by atoms with Crippen LogP contribution in [0, 0.1) is 5.82 Å². The summed E-state index contributed by atoms with van der Waals surface area (Å²) < 4.78 is 26.0. The van der Waals surface area contributed by atoms with E-state index in [4.69, 9.17) is 9.47 Å². The number of esters is 2. The lowest BCUT2D eigenvalue weighted by Gasteiger charge is -2.32. The Kier molecular flexibility index (Phi) is 7.08. The first-order valence-corrected chi connectivity index (χ1v) is 12.9. The summed E-state index contributed by atoms with van der Waals surface area (Å²) in [5.41, 5.74) is -3.66. The summed E-state index contributed by atoms with van der Waals surface area (Å²) in [5, 5.41) is 2.88. The van der Waals surface area contributed by atoms with Gasteiger partial charge in [0.05, 0.1) is 25.4 Å². The fourth-order valence-corrected chi connectivity index (χ4v) is 5.31. The first-order valence-electron chi connectivity index (χ1n) is 12.9. The van der Waals surface area contributed by atoms with Crippen LogP contribution < -0.4 is 10.2 Å². The monoisotopic (exact) mass is 542 g/mol. The predicted molar refractivity (Wildman–Crippen MR) is 144 cm³/mol. The average molecular weight is 543 g/mol. The molecule has 0 bridgehead atoms. The van der Waals surface area contributed by atoms with Gasteiger partial charge in [0.15, 0.2) is 11.3 Å². The average Bonchev–Trinajstić information content (AvgIpc) is 3.45. The van der Waals surface area contributed by atoms with Crippen molar-refractivity contribution in [2.24, 2.45) is 0 Å². The molecule has 1 amide bonds. The molecule has 0 saturated heterocycles. The van der Waals surface area contributed by atoms with Gasteiger partial charge in [0.25, 0.3) is 5.91 Å². The van der Waals surface area contributed by atoms with E-state index in [9.17, 15) is 19.2 Å². The van der Waals surface area contributed by atoms with E-state index >= 15 is 4.39 Å². The SMILES string of the molecule is CCOC(=O)C1(C(=O)OCC)C=C(C(=O)c2ccccc2)[C@]2(N1)C(=O)N(Cc1ccccc1)c1c(F)cccc12. The molecule has 0 fully saturated rings. The zero-order chi connectivity index (χ0) is 28.5. The molecule has 2 heterocycles. The van der Waals surface area contributed by atoms with Gasteiger partial charge in [-0.2, -0.15) is 0 Å². The van der Waals surface area contributed by atoms with Crippen LogP contribution in [0.25, 0.3) is 0 Å². The number of rotatable bonds is 8. The van der Waals surface area contributed by atoms with Gasteiger partial charge in [-0.05, 0) is 31.6 Å². The number of ether oxygens (including phenoxy) is 2. The van der Waals surface area contributed by atoms with Crippen molar-refractivity contribution in [3.05, 3.63) is 113 Å². The summed E-state index contributed by atoms with van der Waals surface area (Å²) in [6.07, 6.45) is 1.11. The summed E-state index contributed by atoms with van der Waals surface area (Å²) in [6.45, 7) is 2.95. The lowest BCUT2D eigenvalue weighted by atomic mass is 9.81. The van der Waals surface area contributed by atoms with Gasteiger partial charge in [-0.15, -0.1) is 0 Å². The number of ketones is 1. The first kappa shape index (κ1) is 27.0. The lowest BCUT2D eigenvalue weighted by Crippen LogP contribution is -2.63. The molecule has 3 aromatic carbocycles. The van der Waals surface area contributed by atoms with Gasteiger partial charge in [0.1, 0.15) is 5.82 Å². The topological polar surface area (TPSA) is 102 Å². The number of hydrogen-bond acceptors (Lipinski definition) is 7. The third-order valence-electron chi connectivity index (χ3n) is 7.04.